The highest BCUT2D eigenvalue weighted by Crippen LogP contribution is 2.23. The van der Waals surface area contributed by atoms with Crippen LogP contribution in [0.5, 0.6) is 0 Å². The molecular weight excluding hydrogens is 344 g/mol. The Labute approximate surface area is 149 Å². The number of carboxylic acid groups (broad SMARTS) is 1. The zero-order valence-corrected chi connectivity index (χ0v) is 14.3. The Bertz CT molecular complexity index is 750. The number of carbonyl (C=O) groups is 3. The van der Waals surface area contributed by atoms with Gasteiger partial charge in [0, 0.05) is 31.8 Å². The zero-order valence-electron chi connectivity index (χ0n) is 14.3. The highest BCUT2D eigenvalue weighted by Gasteiger charge is 2.29. The van der Waals surface area contributed by atoms with Gasteiger partial charge in [-0.25, -0.2) is 0 Å². The lowest BCUT2D eigenvalue weighted by molar-refractivity contribution is -0.383. The summed E-state index contributed by atoms with van der Waals surface area (Å²) in [5.74, 6) is -2.47. The summed E-state index contributed by atoms with van der Waals surface area (Å²) in [6.45, 7) is 0.310. The van der Waals surface area contributed by atoms with Crippen LogP contribution in [0.25, 0.3) is 0 Å². The van der Waals surface area contributed by atoms with Crippen molar-refractivity contribution in [3.8, 4) is 0 Å². The molecule has 2 amide bonds. The molecule has 1 atom stereocenters. The van der Waals surface area contributed by atoms with E-state index in [1.165, 1.54) is 24.1 Å². The summed E-state index contributed by atoms with van der Waals surface area (Å²) in [4.78, 5) is 48.7. The van der Waals surface area contributed by atoms with Crippen LogP contribution in [0.1, 0.15) is 23.2 Å². The Balaban J connectivity index is 2.05. The Hall–Kier alpha value is -3.17. The number of nitro benzene ring substituents is 1. The minimum atomic E-state index is -0.943. The number of aliphatic carboxylic acids is 1. The summed E-state index contributed by atoms with van der Waals surface area (Å²) in [5, 5.41) is 20.0. The number of hydrogen-bond acceptors (Lipinski definition) is 6. The van der Waals surface area contributed by atoms with E-state index in [1.807, 2.05) is 0 Å². The zero-order chi connectivity index (χ0) is 19.4. The molecular formula is C16H20N4O6. The molecule has 10 heteroatoms. The minimum absolute atomic E-state index is 0.0447. The maximum Gasteiger partial charge on any atom is 0.308 e. The third-order valence-corrected chi connectivity index (χ3v) is 4.32. The highest BCUT2D eigenvalue weighted by atomic mass is 16.6. The van der Waals surface area contributed by atoms with Gasteiger partial charge in [-0.2, -0.15) is 0 Å². The van der Waals surface area contributed by atoms with Crippen LogP contribution >= 0.6 is 0 Å². The van der Waals surface area contributed by atoms with Crippen LogP contribution in [0.3, 0.4) is 0 Å². The summed E-state index contributed by atoms with van der Waals surface area (Å²) in [6.07, 6.45) is 1.10. The summed E-state index contributed by atoms with van der Waals surface area (Å²) >= 11 is 0. The molecule has 1 unspecified atom stereocenters. The first-order valence-electron chi connectivity index (χ1n) is 8.00. The van der Waals surface area contributed by atoms with Gasteiger partial charge in [-0.3, -0.25) is 24.5 Å². The minimum Gasteiger partial charge on any atom is -0.481 e. The van der Waals surface area contributed by atoms with Crippen LogP contribution in [0.4, 0.5) is 11.4 Å². The summed E-state index contributed by atoms with van der Waals surface area (Å²) in [5.41, 5.74) is 5.12. The molecule has 1 fully saturated rings. The number of nitrogens with zero attached hydrogens (tertiary/aromatic N) is 3. The highest BCUT2D eigenvalue weighted by molar-refractivity contribution is 5.97. The third kappa shape index (κ3) is 4.26. The van der Waals surface area contributed by atoms with Crippen molar-refractivity contribution in [3.63, 3.8) is 0 Å². The molecule has 26 heavy (non-hydrogen) atoms. The molecule has 0 aliphatic carbocycles. The predicted molar refractivity (Wildman–Crippen MR) is 91.4 cm³/mol. The first kappa shape index (κ1) is 19.2. The Kier molecular flexibility index (Phi) is 5.75. The van der Waals surface area contributed by atoms with E-state index < -0.39 is 22.7 Å². The van der Waals surface area contributed by atoms with E-state index in [-0.39, 0.29) is 35.9 Å². The fourth-order valence-corrected chi connectivity index (χ4v) is 2.84. The molecule has 2 rings (SSSR count). The lowest BCUT2D eigenvalue weighted by Gasteiger charge is -2.32. The number of carbonyl (C=O) groups excluding carboxylic acids is 2. The number of amides is 2. The van der Waals surface area contributed by atoms with E-state index in [2.05, 4.69) is 0 Å². The molecule has 1 aliphatic heterocycles. The quantitative estimate of drug-likeness (QED) is 0.441. The molecule has 0 aromatic heterocycles. The molecule has 0 radical (unpaired) electrons. The number of rotatable bonds is 5. The van der Waals surface area contributed by atoms with Crippen LogP contribution in [-0.2, 0) is 9.59 Å². The van der Waals surface area contributed by atoms with E-state index in [9.17, 15) is 24.5 Å². The molecule has 0 spiro atoms. The Morgan fingerprint density at radius 1 is 1.42 bits per heavy atom. The number of carboxylic acids is 1. The van der Waals surface area contributed by atoms with Gasteiger partial charge < -0.3 is 20.6 Å². The Morgan fingerprint density at radius 3 is 2.73 bits per heavy atom. The number of nitro groups is 1. The second-order valence-corrected chi connectivity index (χ2v) is 6.21. The monoisotopic (exact) mass is 364 g/mol. The number of hydrogen-bond donors (Lipinski definition) is 2. The summed E-state index contributed by atoms with van der Waals surface area (Å²) in [7, 11) is 1.40. The third-order valence-electron chi connectivity index (χ3n) is 4.32. The molecule has 1 aliphatic rings. The maximum atomic E-state index is 12.4. The van der Waals surface area contributed by atoms with Gasteiger partial charge in [-0.15, -0.1) is 0 Å². The van der Waals surface area contributed by atoms with Crippen LogP contribution < -0.4 is 5.73 Å². The van der Waals surface area contributed by atoms with Crippen molar-refractivity contribution in [2.75, 3.05) is 32.4 Å². The number of likely N-dealkylation sites (N-methyl/N-ethyl adjacent to an activating group) is 1. The van der Waals surface area contributed by atoms with Crippen molar-refractivity contribution in [2.24, 2.45) is 5.92 Å². The van der Waals surface area contributed by atoms with E-state index in [1.54, 1.807) is 0 Å². The number of nitrogens with two attached hydrogens (primary N) is 1. The number of likely N-dealkylation sites (tertiary alicyclic amines) is 1. The van der Waals surface area contributed by atoms with Crippen molar-refractivity contribution in [1.82, 2.24) is 9.80 Å². The predicted octanol–water partition coefficient (Wildman–Crippen LogP) is 0.572. The lowest BCUT2D eigenvalue weighted by atomic mass is 9.98. The maximum absolute atomic E-state index is 12.4. The second-order valence-electron chi connectivity index (χ2n) is 6.21. The fraction of sp³-hybridized carbons (Fsp3) is 0.438. The van der Waals surface area contributed by atoms with E-state index in [0.29, 0.717) is 19.4 Å². The number of nitrogen functional groups attached to an aromatic ring is 1. The summed E-state index contributed by atoms with van der Waals surface area (Å²) in [6, 6.07) is 3.69. The van der Waals surface area contributed by atoms with Gasteiger partial charge in [0.2, 0.25) is 5.91 Å². The van der Waals surface area contributed by atoms with Crippen molar-refractivity contribution >= 4 is 29.2 Å². The van der Waals surface area contributed by atoms with Gasteiger partial charge in [-0.1, -0.05) is 0 Å². The number of anilines is 1. The van der Waals surface area contributed by atoms with Crippen molar-refractivity contribution in [3.05, 3.63) is 33.9 Å². The van der Waals surface area contributed by atoms with E-state index >= 15 is 0 Å². The van der Waals surface area contributed by atoms with Crippen LogP contribution in [0, 0.1) is 16.0 Å². The molecule has 0 saturated carbocycles. The molecule has 1 aromatic rings. The van der Waals surface area contributed by atoms with E-state index in [4.69, 9.17) is 10.8 Å². The molecule has 1 heterocycles. The Morgan fingerprint density at radius 2 is 2.12 bits per heavy atom. The van der Waals surface area contributed by atoms with Crippen molar-refractivity contribution < 1.29 is 24.4 Å². The fourth-order valence-electron chi connectivity index (χ4n) is 2.84. The lowest BCUT2D eigenvalue weighted by Crippen LogP contribution is -2.46. The van der Waals surface area contributed by atoms with Gasteiger partial charge >= 0.3 is 5.97 Å². The first-order valence-corrected chi connectivity index (χ1v) is 8.00. The van der Waals surface area contributed by atoms with Crippen LogP contribution in [0.2, 0.25) is 0 Å². The topological polar surface area (TPSA) is 147 Å². The largest absolute Gasteiger partial charge is 0.481 e. The SMILES string of the molecule is CN(CC(=O)N1CCCC(C(=O)O)C1)C(=O)c1ccc(N)c([N+](=O)[O-])c1. The van der Waals surface area contributed by atoms with Gasteiger partial charge in [-0.05, 0) is 25.0 Å². The average Bonchev–Trinajstić information content (AvgIpc) is 2.61. The van der Waals surface area contributed by atoms with Crippen molar-refractivity contribution in [1.29, 1.82) is 0 Å². The van der Waals surface area contributed by atoms with Gasteiger partial charge in [0.1, 0.15) is 5.69 Å². The van der Waals surface area contributed by atoms with E-state index in [0.717, 1.165) is 11.0 Å². The second kappa shape index (κ2) is 7.81. The molecule has 1 saturated heterocycles. The van der Waals surface area contributed by atoms with Crippen LogP contribution in [0.15, 0.2) is 18.2 Å². The standard InChI is InChI=1S/C16H20N4O6/c1-18(9-14(21)19-6-2-3-11(8-19)16(23)24)15(22)10-4-5-12(17)13(7-10)20(25)26/h4-5,7,11H,2-3,6,8-9,17H2,1H3,(H,23,24). The van der Waals surface area contributed by atoms with Crippen LogP contribution in [-0.4, -0.2) is 64.3 Å². The molecule has 3 N–H and O–H groups in total. The smallest absolute Gasteiger partial charge is 0.308 e. The average molecular weight is 364 g/mol. The normalized spacial score (nSPS) is 16.8. The molecule has 10 nitrogen and oxygen atoms in total. The van der Waals surface area contributed by atoms with Gasteiger partial charge in [0.25, 0.3) is 11.6 Å². The van der Waals surface area contributed by atoms with Crippen molar-refractivity contribution in [2.45, 2.75) is 12.8 Å². The molecule has 1 aromatic carbocycles. The molecule has 140 valence electrons. The molecule has 0 bridgehead atoms. The number of benzene rings is 1. The van der Waals surface area contributed by atoms with Gasteiger partial charge in [0.05, 0.1) is 17.4 Å². The van der Waals surface area contributed by atoms with Gasteiger partial charge in [0.15, 0.2) is 0 Å². The number of piperidine rings is 1. The first-order chi connectivity index (χ1) is 12.2. The summed E-state index contributed by atoms with van der Waals surface area (Å²) < 4.78 is 0.